The predicted molar refractivity (Wildman–Crippen MR) is 73.5 cm³/mol. The Morgan fingerprint density at radius 1 is 1.37 bits per heavy atom. The standard InChI is InChI=1S/C15H21NO3/c1-11-7-8-12(19-11)9-10-15(18)16-13-5-3-2-4-6-14(13)17/h7-10,13-14,17H,2-6H2,1H3,(H,16,18)/b10-9+. The van der Waals surface area contributed by atoms with E-state index in [0.717, 1.165) is 37.9 Å². The summed E-state index contributed by atoms with van der Waals surface area (Å²) in [5, 5.41) is 12.8. The molecule has 1 aliphatic carbocycles. The fourth-order valence-electron chi connectivity index (χ4n) is 2.39. The smallest absolute Gasteiger partial charge is 0.244 e. The molecule has 0 bridgehead atoms. The average molecular weight is 263 g/mol. The summed E-state index contributed by atoms with van der Waals surface area (Å²) in [5.41, 5.74) is 0. The highest BCUT2D eigenvalue weighted by Crippen LogP contribution is 2.18. The monoisotopic (exact) mass is 263 g/mol. The summed E-state index contributed by atoms with van der Waals surface area (Å²) in [7, 11) is 0. The van der Waals surface area contributed by atoms with Gasteiger partial charge < -0.3 is 14.8 Å². The summed E-state index contributed by atoms with van der Waals surface area (Å²) < 4.78 is 5.35. The van der Waals surface area contributed by atoms with Gasteiger partial charge in [-0.2, -0.15) is 0 Å². The summed E-state index contributed by atoms with van der Waals surface area (Å²) in [6.45, 7) is 1.86. The number of carbonyl (C=O) groups excluding carboxylic acids is 1. The SMILES string of the molecule is Cc1ccc(/C=C/C(=O)NC2CCCCCC2O)o1. The first kappa shape index (κ1) is 13.9. The molecule has 0 radical (unpaired) electrons. The van der Waals surface area contributed by atoms with E-state index >= 15 is 0 Å². The van der Waals surface area contributed by atoms with Crippen molar-refractivity contribution in [2.75, 3.05) is 0 Å². The number of hydrogen-bond donors (Lipinski definition) is 2. The Morgan fingerprint density at radius 3 is 2.89 bits per heavy atom. The van der Waals surface area contributed by atoms with Crippen molar-refractivity contribution in [2.45, 2.75) is 51.2 Å². The minimum atomic E-state index is -0.425. The van der Waals surface area contributed by atoms with Crippen LogP contribution in [0, 0.1) is 6.92 Å². The Labute approximate surface area is 113 Å². The molecule has 104 valence electrons. The lowest BCUT2D eigenvalue weighted by molar-refractivity contribution is -0.118. The molecule has 1 heterocycles. The molecule has 1 aliphatic rings. The highest BCUT2D eigenvalue weighted by atomic mass is 16.3. The number of rotatable bonds is 3. The van der Waals surface area contributed by atoms with Gasteiger partial charge in [0.25, 0.3) is 0 Å². The number of amides is 1. The van der Waals surface area contributed by atoms with Crippen molar-refractivity contribution in [2.24, 2.45) is 0 Å². The Morgan fingerprint density at radius 2 is 2.16 bits per heavy atom. The first-order valence-corrected chi connectivity index (χ1v) is 6.88. The van der Waals surface area contributed by atoms with Crippen molar-refractivity contribution in [3.63, 3.8) is 0 Å². The van der Waals surface area contributed by atoms with Crippen LogP contribution < -0.4 is 5.32 Å². The fourth-order valence-corrected chi connectivity index (χ4v) is 2.39. The van der Waals surface area contributed by atoms with E-state index in [-0.39, 0.29) is 11.9 Å². The van der Waals surface area contributed by atoms with E-state index in [2.05, 4.69) is 5.32 Å². The van der Waals surface area contributed by atoms with E-state index in [9.17, 15) is 9.90 Å². The maximum atomic E-state index is 11.8. The van der Waals surface area contributed by atoms with Gasteiger partial charge in [0.15, 0.2) is 0 Å². The van der Waals surface area contributed by atoms with Gasteiger partial charge >= 0.3 is 0 Å². The zero-order valence-electron chi connectivity index (χ0n) is 11.3. The molecule has 19 heavy (non-hydrogen) atoms. The zero-order chi connectivity index (χ0) is 13.7. The lowest BCUT2D eigenvalue weighted by Gasteiger charge is -2.20. The first-order valence-electron chi connectivity index (χ1n) is 6.88. The summed E-state index contributed by atoms with van der Waals surface area (Å²) >= 11 is 0. The van der Waals surface area contributed by atoms with Crippen LogP contribution in [0.4, 0.5) is 0 Å². The summed E-state index contributed by atoms with van der Waals surface area (Å²) in [6, 6.07) is 3.55. The van der Waals surface area contributed by atoms with E-state index in [1.807, 2.05) is 19.1 Å². The number of carbonyl (C=O) groups is 1. The number of nitrogens with one attached hydrogen (secondary N) is 1. The number of hydrogen-bond acceptors (Lipinski definition) is 3. The molecule has 1 saturated carbocycles. The van der Waals surface area contributed by atoms with Crippen LogP contribution >= 0.6 is 0 Å². The van der Waals surface area contributed by atoms with E-state index < -0.39 is 6.10 Å². The average Bonchev–Trinajstić information content (AvgIpc) is 2.69. The van der Waals surface area contributed by atoms with E-state index in [0.29, 0.717) is 5.76 Å². The second-order valence-corrected chi connectivity index (χ2v) is 5.10. The topological polar surface area (TPSA) is 62.5 Å². The Hall–Kier alpha value is -1.55. The second kappa shape index (κ2) is 6.57. The maximum Gasteiger partial charge on any atom is 0.244 e. The molecule has 1 fully saturated rings. The molecule has 0 aliphatic heterocycles. The van der Waals surface area contributed by atoms with Gasteiger partial charge in [0.1, 0.15) is 11.5 Å². The van der Waals surface area contributed by atoms with Gasteiger partial charge in [-0.1, -0.05) is 19.3 Å². The third-order valence-electron chi connectivity index (χ3n) is 3.47. The third-order valence-corrected chi connectivity index (χ3v) is 3.47. The van der Waals surface area contributed by atoms with Gasteiger partial charge in [0.2, 0.25) is 5.91 Å². The fraction of sp³-hybridized carbons (Fsp3) is 0.533. The maximum absolute atomic E-state index is 11.8. The Bertz CT molecular complexity index is 450. The van der Waals surface area contributed by atoms with Crippen LogP contribution in [0.5, 0.6) is 0 Å². The molecule has 4 nitrogen and oxygen atoms in total. The number of aryl methyl sites for hydroxylation is 1. The molecular formula is C15H21NO3. The molecule has 2 rings (SSSR count). The van der Waals surface area contributed by atoms with Gasteiger partial charge in [0.05, 0.1) is 12.1 Å². The number of aliphatic hydroxyl groups is 1. The number of aliphatic hydroxyl groups excluding tert-OH is 1. The van der Waals surface area contributed by atoms with Crippen molar-refractivity contribution in [1.29, 1.82) is 0 Å². The lowest BCUT2D eigenvalue weighted by atomic mass is 10.1. The molecule has 2 atom stereocenters. The van der Waals surface area contributed by atoms with Crippen molar-refractivity contribution in [3.8, 4) is 0 Å². The van der Waals surface area contributed by atoms with E-state index in [1.165, 1.54) is 6.08 Å². The quantitative estimate of drug-likeness (QED) is 0.650. The minimum absolute atomic E-state index is 0.127. The highest BCUT2D eigenvalue weighted by Gasteiger charge is 2.22. The molecule has 4 heteroatoms. The van der Waals surface area contributed by atoms with Gasteiger partial charge in [-0.25, -0.2) is 0 Å². The van der Waals surface area contributed by atoms with Crippen LogP contribution in [0.3, 0.4) is 0 Å². The summed E-state index contributed by atoms with van der Waals surface area (Å²) in [6.07, 6.45) is 7.52. The van der Waals surface area contributed by atoms with Gasteiger partial charge in [-0.05, 0) is 38.0 Å². The number of furan rings is 1. The summed E-state index contributed by atoms with van der Waals surface area (Å²) in [5.74, 6) is 1.30. The molecule has 0 aromatic carbocycles. The van der Waals surface area contributed by atoms with Crippen LogP contribution in [-0.4, -0.2) is 23.2 Å². The van der Waals surface area contributed by atoms with Crippen molar-refractivity contribution < 1.29 is 14.3 Å². The largest absolute Gasteiger partial charge is 0.462 e. The third kappa shape index (κ3) is 4.24. The second-order valence-electron chi connectivity index (χ2n) is 5.10. The zero-order valence-corrected chi connectivity index (χ0v) is 11.3. The van der Waals surface area contributed by atoms with Gasteiger partial charge in [-0.3, -0.25) is 4.79 Å². The van der Waals surface area contributed by atoms with Gasteiger partial charge in [-0.15, -0.1) is 0 Å². The van der Waals surface area contributed by atoms with Crippen LogP contribution in [0.1, 0.15) is 43.6 Å². The van der Waals surface area contributed by atoms with Crippen LogP contribution in [-0.2, 0) is 4.79 Å². The van der Waals surface area contributed by atoms with E-state index in [1.54, 1.807) is 6.08 Å². The first-order chi connectivity index (χ1) is 9.15. The summed E-state index contributed by atoms with van der Waals surface area (Å²) in [4.78, 5) is 11.8. The molecular weight excluding hydrogens is 242 g/mol. The van der Waals surface area contributed by atoms with Crippen LogP contribution in [0.15, 0.2) is 22.6 Å². The minimum Gasteiger partial charge on any atom is -0.462 e. The molecule has 1 aromatic heterocycles. The van der Waals surface area contributed by atoms with Crippen LogP contribution in [0.25, 0.3) is 6.08 Å². The van der Waals surface area contributed by atoms with Crippen molar-refractivity contribution in [1.82, 2.24) is 5.32 Å². The molecule has 0 spiro atoms. The molecule has 0 saturated heterocycles. The molecule has 1 amide bonds. The predicted octanol–water partition coefficient (Wildman–Crippen LogP) is 2.41. The normalized spacial score (nSPS) is 24.3. The molecule has 2 N–H and O–H groups in total. The Balaban J connectivity index is 1.87. The van der Waals surface area contributed by atoms with Crippen molar-refractivity contribution >= 4 is 12.0 Å². The Kier molecular flexibility index (Phi) is 4.80. The van der Waals surface area contributed by atoms with Gasteiger partial charge in [0, 0.05) is 6.08 Å². The van der Waals surface area contributed by atoms with E-state index in [4.69, 9.17) is 4.42 Å². The highest BCUT2D eigenvalue weighted by molar-refractivity contribution is 5.91. The lowest BCUT2D eigenvalue weighted by Crippen LogP contribution is -2.41. The van der Waals surface area contributed by atoms with Crippen molar-refractivity contribution in [3.05, 3.63) is 29.7 Å². The molecule has 1 aromatic rings. The molecule has 2 unspecified atom stereocenters. The van der Waals surface area contributed by atoms with Crippen LogP contribution in [0.2, 0.25) is 0 Å².